The van der Waals surface area contributed by atoms with Crippen LogP contribution >= 0.6 is 22.9 Å². The van der Waals surface area contributed by atoms with Crippen LogP contribution in [0.25, 0.3) is 0 Å². The summed E-state index contributed by atoms with van der Waals surface area (Å²) in [6, 6.07) is 0.150. The third-order valence-electron chi connectivity index (χ3n) is 5.16. The van der Waals surface area contributed by atoms with E-state index >= 15 is 0 Å². The molecule has 4 rings (SSSR count). The molecule has 3 aromatic rings. The third kappa shape index (κ3) is 5.05. The first kappa shape index (κ1) is 24.1. The number of thiazole rings is 1. The van der Waals surface area contributed by atoms with Crippen molar-refractivity contribution in [2.75, 3.05) is 18.9 Å². The van der Waals surface area contributed by atoms with Gasteiger partial charge in [-0.3, -0.25) is 14.5 Å². The number of fused-ring (bicyclic) bond motifs is 1. The number of aromatic nitrogens is 4. The first-order valence-corrected chi connectivity index (χ1v) is 11.3. The van der Waals surface area contributed by atoms with Crippen LogP contribution in [0, 0.1) is 0 Å². The number of amides is 2. The zero-order chi connectivity index (χ0) is 24.6. The molecule has 0 saturated heterocycles. The number of hydrogen-bond donors (Lipinski definition) is 2. The maximum Gasteiger partial charge on any atom is 0.418 e. The van der Waals surface area contributed by atoms with E-state index < -0.39 is 28.7 Å². The minimum absolute atomic E-state index is 0.145. The SMILES string of the molecule is C[C@@H](NC(=O)c1cnc2n1CCN(C)C2)c1ncc(C(=O)Nc2cc(C(F)(F)F)c(Cl)cn2)s1. The van der Waals surface area contributed by atoms with Crippen molar-refractivity contribution in [1.29, 1.82) is 0 Å². The second kappa shape index (κ2) is 9.31. The van der Waals surface area contributed by atoms with E-state index in [-0.39, 0.29) is 16.6 Å². The van der Waals surface area contributed by atoms with Gasteiger partial charge in [0.15, 0.2) is 0 Å². The third-order valence-corrected chi connectivity index (χ3v) is 6.64. The van der Waals surface area contributed by atoms with Crippen LogP contribution in [0.1, 0.15) is 49.5 Å². The summed E-state index contributed by atoms with van der Waals surface area (Å²) in [5.74, 6) is -0.486. The van der Waals surface area contributed by atoms with Gasteiger partial charge in [-0.25, -0.2) is 15.0 Å². The molecule has 34 heavy (non-hydrogen) atoms. The van der Waals surface area contributed by atoms with Crippen molar-refractivity contribution in [3.8, 4) is 0 Å². The number of rotatable bonds is 5. The molecular weight excluding hydrogens is 495 g/mol. The van der Waals surface area contributed by atoms with Gasteiger partial charge in [-0.2, -0.15) is 13.2 Å². The number of nitrogens with zero attached hydrogens (tertiary/aromatic N) is 5. The molecular formula is C20H19ClF3N7O2S. The fourth-order valence-corrected chi connectivity index (χ4v) is 4.42. The van der Waals surface area contributed by atoms with E-state index in [1.807, 2.05) is 11.6 Å². The van der Waals surface area contributed by atoms with E-state index in [1.165, 1.54) is 12.4 Å². The van der Waals surface area contributed by atoms with Gasteiger partial charge in [0.05, 0.1) is 35.6 Å². The average Bonchev–Trinajstić information content (AvgIpc) is 3.41. The maximum absolute atomic E-state index is 13.0. The van der Waals surface area contributed by atoms with Gasteiger partial charge in [-0.1, -0.05) is 11.6 Å². The van der Waals surface area contributed by atoms with Crippen molar-refractivity contribution >= 4 is 40.6 Å². The molecule has 4 heterocycles. The zero-order valence-corrected chi connectivity index (χ0v) is 19.6. The summed E-state index contributed by atoms with van der Waals surface area (Å²) in [4.78, 5) is 39.7. The average molecular weight is 514 g/mol. The minimum atomic E-state index is -4.69. The summed E-state index contributed by atoms with van der Waals surface area (Å²) in [7, 11) is 1.98. The molecule has 14 heteroatoms. The Morgan fingerprint density at radius 3 is 2.65 bits per heavy atom. The van der Waals surface area contributed by atoms with Gasteiger partial charge in [0.25, 0.3) is 11.8 Å². The summed E-state index contributed by atoms with van der Waals surface area (Å²) < 4.78 is 40.9. The van der Waals surface area contributed by atoms with Crippen molar-refractivity contribution in [3.05, 3.63) is 56.6 Å². The Balaban J connectivity index is 1.42. The first-order chi connectivity index (χ1) is 16.0. The number of halogens is 4. The van der Waals surface area contributed by atoms with Crippen LogP contribution in [0.2, 0.25) is 5.02 Å². The topological polar surface area (TPSA) is 105 Å². The second-order valence-electron chi connectivity index (χ2n) is 7.71. The van der Waals surface area contributed by atoms with E-state index in [4.69, 9.17) is 11.6 Å². The summed E-state index contributed by atoms with van der Waals surface area (Å²) in [5.41, 5.74) is -0.659. The van der Waals surface area contributed by atoms with Gasteiger partial charge in [0.1, 0.15) is 27.2 Å². The molecule has 0 unspecified atom stereocenters. The first-order valence-electron chi connectivity index (χ1n) is 10.1. The zero-order valence-electron chi connectivity index (χ0n) is 18.0. The molecule has 3 aromatic heterocycles. The maximum atomic E-state index is 13.0. The van der Waals surface area contributed by atoms with Crippen molar-refractivity contribution in [3.63, 3.8) is 0 Å². The highest BCUT2D eigenvalue weighted by Gasteiger charge is 2.34. The number of likely N-dealkylation sites (N-methyl/N-ethyl adjacent to an activating group) is 1. The molecule has 0 fully saturated rings. The predicted octanol–water partition coefficient (Wildman–Crippen LogP) is 3.60. The molecule has 0 aliphatic carbocycles. The number of carbonyl (C=O) groups is 2. The van der Waals surface area contributed by atoms with Crippen LogP contribution in [0.3, 0.4) is 0 Å². The number of imidazole rings is 1. The van der Waals surface area contributed by atoms with E-state index in [0.29, 0.717) is 29.9 Å². The van der Waals surface area contributed by atoms with E-state index in [1.54, 1.807) is 6.92 Å². The number of nitrogens with one attached hydrogen (secondary N) is 2. The summed E-state index contributed by atoms with van der Waals surface area (Å²) in [6.07, 6.45) is -1.04. The van der Waals surface area contributed by atoms with Crippen LogP contribution in [-0.2, 0) is 19.3 Å². The molecule has 0 bridgehead atoms. The Morgan fingerprint density at radius 1 is 1.15 bits per heavy atom. The van der Waals surface area contributed by atoms with Gasteiger partial charge in [0, 0.05) is 19.3 Å². The van der Waals surface area contributed by atoms with E-state index in [2.05, 4.69) is 30.5 Å². The van der Waals surface area contributed by atoms with Crippen LogP contribution in [-0.4, -0.2) is 49.8 Å². The highest BCUT2D eigenvalue weighted by atomic mass is 35.5. The van der Waals surface area contributed by atoms with Crippen LogP contribution in [0.15, 0.2) is 24.7 Å². The molecule has 0 saturated carbocycles. The Morgan fingerprint density at radius 2 is 1.91 bits per heavy atom. The molecule has 1 aliphatic heterocycles. The van der Waals surface area contributed by atoms with Gasteiger partial charge in [-0.15, -0.1) is 11.3 Å². The van der Waals surface area contributed by atoms with Crippen LogP contribution in [0.4, 0.5) is 19.0 Å². The summed E-state index contributed by atoms with van der Waals surface area (Å²) in [6.45, 7) is 3.83. The van der Waals surface area contributed by atoms with Gasteiger partial charge < -0.3 is 15.2 Å². The van der Waals surface area contributed by atoms with E-state index in [9.17, 15) is 22.8 Å². The molecule has 9 nitrogen and oxygen atoms in total. The Hall–Kier alpha value is -3.03. The Labute approximate surface area is 201 Å². The largest absolute Gasteiger partial charge is 0.418 e. The number of pyridine rings is 1. The lowest BCUT2D eigenvalue weighted by molar-refractivity contribution is -0.137. The Kier molecular flexibility index (Phi) is 6.60. The second-order valence-corrected chi connectivity index (χ2v) is 9.18. The lowest BCUT2D eigenvalue weighted by Gasteiger charge is -2.24. The quantitative estimate of drug-likeness (QED) is 0.540. The molecule has 2 amide bonds. The van der Waals surface area contributed by atoms with Crippen LogP contribution < -0.4 is 10.6 Å². The smallest absolute Gasteiger partial charge is 0.342 e. The normalized spacial score (nSPS) is 15.0. The molecule has 1 aliphatic rings. The minimum Gasteiger partial charge on any atom is -0.342 e. The number of alkyl halides is 3. The van der Waals surface area contributed by atoms with Crippen molar-refractivity contribution in [2.24, 2.45) is 0 Å². The van der Waals surface area contributed by atoms with Gasteiger partial charge in [0.2, 0.25) is 0 Å². The summed E-state index contributed by atoms with van der Waals surface area (Å²) in [5, 5.41) is 5.04. The highest BCUT2D eigenvalue weighted by Crippen LogP contribution is 2.35. The molecule has 0 radical (unpaired) electrons. The van der Waals surface area contributed by atoms with Gasteiger partial charge in [-0.05, 0) is 20.0 Å². The molecule has 1 atom stereocenters. The summed E-state index contributed by atoms with van der Waals surface area (Å²) >= 11 is 6.56. The van der Waals surface area contributed by atoms with Gasteiger partial charge >= 0.3 is 6.18 Å². The number of hydrogen-bond acceptors (Lipinski definition) is 7. The predicted molar refractivity (Wildman–Crippen MR) is 119 cm³/mol. The molecule has 0 spiro atoms. The highest BCUT2D eigenvalue weighted by molar-refractivity contribution is 7.13. The molecule has 0 aromatic carbocycles. The van der Waals surface area contributed by atoms with Crippen molar-refractivity contribution in [1.82, 2.24) is 29.7 Å². The monoisotopic (exact) mass is 513 g/mol. The van der Waals surface area contributed by atoms with E-state index in [0.717, 1.165) is 29.9 Å². The number of anilines is 1. The fourth-order valence-electron chi connectivity index (χ4n) is 3.39. The van der Waals surface area contributed by atoms with Crippen LogP contribution in [0.5, 0.6) is 0 Å². The lowest BCUT2D eigenvalue weighted by Crippen LogP contribution is -2.34. The fraction of sp³-hybridized carbons (Fsp3) is 0.350. The van der Waals surface area contributed by atoms with Crippen molar-refractivity contribution < 1.29 is 22.8 Å². The standard InChI is InChI=1S/C20H19ClF3N7O2S/c1-10(28-17(32)13-7-26-16-9-30(2)3-4-31(13)16)19-27-8-14(34-19)18(33)29-15-5-11(20(22,23)24)12(21)6-25-15/h5-8,10H,3-4,9H2,1-2H3,(H,28,32)(H,25,29,33)/t10-/m1/s1. The lowest BCUT2D eigenvalue weighted by atomic mass is 10.2. The molecule has 180 valence electrons. The van der Waals surface area contributed by atoms with Crippen molar-refractivity contribution in [2.45, 2.75) is 32.2 Å². The molecule has 2 N–H and O–H groups in total. The Bertz CT molecular complexity index is 1240. The number of carbonyl (C=O) groups excluding carboxylic acids is 2.